The van der Waals surface area contributed by atoms with Gasteiger partial charge in [0.2, 0.25) is 17.7 Å². The zero-order valence-electron chi connectivity index (χ0n) is 16.9. The van der Waals surface area contributed by atoms with Crippen LogP contribution >= 0.6 is 11.8 Å². The van der Waals surface area contributed by atoms with Crippen molar-refractivity contribution < 1.29 is 14.4 Å². The lowest BCUT2D eigenvalue weighted by atomic mass is 9.96. The number of carbonyl (C=O) groups excluding carboxylic acids is 3. The number of amides is 3. The summed E-state index contributed by atoms with van der Waals surface area (Å²) in [7, 11) is 0. The summed E-state index contributed by atoms with van der Waals surface area (Å²) in [6.07, 6.45) is 2.38. The Bertz CT molecular complexity index is 978. The van der Waals surface area contributed by atoms with Crippen molar-refractivity contribution in [2.75, 3.05) is 23.7 Å². The number of nitrogens with zero attached hydrogens (tertiary/aromatic N) is 1. The van der Waals surface area contributed by atoms with Crippen LogP contribution in [0.1, 0.15) is 25.3 Å². The number of benzene rings is 2. The number of rotatable bonds is 4. The van der Waals surface area contributed by atoms with Gasteiger partial charge in [0.15, 0.2) is 5.25 Å². The van der Waals surface area contributed by atoms with Crippen LogP contribution in [0.3, 0.4) is 0 Å². The van der Waals surface area contributed by atoms with Gasteiger partial charge in [0.05, 0.1) is 11.6 Å². The molecule has 3 amide bonds. The van der Waals surface area contributed by atoms with Gasteiger partial charge in [0, 0.05) is 23.7 Å². The third kappa shape index (κ3) is 4.36. The number of anilines is 2. The van der Waals surface area contributed by atoms with E-state index in [0.717, 1.165) is 41.1 Å². The summed E-state index contributed by atoms with van der Waals surface area (Å²) in [6.45, 7) is 2.98. The summed E-state index contributed by atoms with van der Waals surface area (Å²) in [5.74, 6) is -0.882. The van der Waals surface area contributed by atoms with Crippen LogP contribution in [-0.4, -0.2) is 41.0 Å². The SMILES string of the molecule is CCc1cccc(NC(=O)C2CCCN(C(=O)C3Sc4ccccc4NC3=O)C2)c1. The molecular weight excluding hydrogens is 398 g/mol. The van der Waals surface area contributed by atoms with Crippen molar-refractivity contribution >= 4 is 40.9 Å². The molecule has 0 aromatic heterocycles. The highest BCUT2D eigenvalue weighted by molar-refractivity contribution is 8.01. The molecule has 0 radical (unpaired) electrons. The average Bonchev–Trinajstić information content (AvgIpc) is 2.78. The van der Waals surface area contributed by atoms with E-state index in [0.29, 0.717) is 13.1 Å². The number of likely N-dealkylation sites (tertiary alicyclic amines) is 1. The Labute approximate surface area is 180 Å². The van der Waals surface area contributed by atoms with Gasteiger partial charge in [-0.3, -0.25) is 14.4 Å². The van der Waals surface area contributed by atoms with Crippen LogP contribution in [-0.2, 0) is 20.8 Å². The van der Waals surface area contributed by atoms with Gasteiger partial charge >= 0.3 is 0 Å². The molecule has 2 unspecified atom stereocenters. The lowest BCUT2D eigenvalue weighted by Crippen LogP contribution is -2.50. The summed E-state index contributed by atoms with van der Waals surface area (Å²) in [6, 6.07) is 15.3. The number of carbonyl (C=O) groups is 3. The molecule has 2 N–H and O–H groups in total. The third-order valence-corrected chi connectivity index (χ3v) is 6.82. The molecule has 0 spiro atoms. The second-order valence-electron chi connectivity index (χ2n) is 7.65. The summed E-state index contributed by atoms with van der Waals surface area (Å²) >= 11 is 1.28. The third-order valence-electron chi connectivity index (χ3n) is 5.56. The fourth-order valence-corrected chi connectivity index (χ4v) is 4.96. The lowest BCUT2D eigenvalue weighted by molar-refractivity contribution is -0.136. The largest absolute Gasteiger partial charge is 0.340 e. The minimum Gasteiger partial charge on any atom is -0.340 e. The van der Waals surface area contributed by atoms with E-state index in [1.54, 1.807) is 4.90 Å². The van der Waals surface area contributed by atoms with Crippen molar-refractivity contribution in [3.8, 4) is 0 Å². The topological polar surface area (TPSA) is 78.5 Å². The molecule has 7 heteroatoms. The number of thioether (sulfide) groups is 1. The normalized spacial score (nSPS) is 20.8. The van der Waals surface area contributed by atoms with Crippen molar-refractivity contribution in [2.24, 2.45) is 5.92 Å². The first-order valence-corrected chi connectivity index (χ1v) is 11.2. The summed E-state index contributed by atoms with van der Waals surface area (Å²) in [5.41, 5.74) is 2.68. The Hall–Kier alpha value is -2.80. The summed E-state index contributed by atoms with van der Waals surface area (Å²) in [5, 5.41) is 4.99. The van der Waals surface area contributed by atoms with E-state index in [-0.39, 0.29) is 23.6 Å². The molecule has 2 aromatic carbocycles. The number of hydrogen-bond donors (Lipinski definition) is 2. The molecule has 4 rings (SSSR count). The summed E-state index contributed by atoms with van der Waals surface area (Å²) < 4.78 is 0. The zero-order chi connectivity index (χ0) is 21.1. The van der Waals surface area contributed by atoms with E-state index in [9.17, 15) is 14.4 Å². The van der Waals surface area contributed by atoms with Crippen LogP contribution in [0, 0.1) is 5.92 Å². The fraction of sp³-hybridized carbons (Fsp3) is 0.348. The number of para-hydroxylation sites is 1. The molecule has 1 fully saturated rings. The Balaban J connectivity index is 1.41. The standard InChI is InChI=1S/C23H25N3O3S/c1-2-15-7-5-9-17(13-15)24-21(27)16-8-6-12-26(14-16)23(29)20-22(28)25-18-10-3-4-11-19(18)30-20/h3-5,7,9-11,13,16,20H,2,6,8,12,14H2,1H3,(H,24,27)(H,25,28). The van der Waals surface area contributed by atoms with Crippen LogP contribution in [0.2, 0.25) is 0 Å². The highest BCUT2D eigenvalue weighted by Gasteiger charge is 2.38. The predicted molar refractivity (Wildman–Crippen MR) is 118 cm³/mol. The van der Waals surface area contributed by atoms with Crippen LogP contribution in [0.5, 0.6) is 0 Å². The first-order valence-electron chi connectivity index (χ1n) is 10.3. The molecule has 0 saturated carbocycles. The number of fused-ring (bicyclic) bond motifs is 1. The average molecular weight is 424 g/mol. The summed E-state index contributed by atoms with van der Waals surface area (Å²) in [4.78, 5) is 41.0. The molecule has 2 aliphatic rings. The van der Waals surface area contributed by atoms with Gasteiger partial charge in [-0.25, -0.2) is 0 Å². The Morgan fingerprint density at radius 3 is 2.87 bits per heavy atom. The Morgan fingerprint density at radius 1 is 1.20 bits per heavy atom. The van der Waals surface area contributed by atoms with Gasteiger partial charge in [-0.05, 0) is 49.1 Å². The molecule has 2 aliphatic heterocycles. The van der Waals surface area contributed by atoms with Gasteiger partial charge in [-0.2, -0.15) is 0 Å². The Kier molecular flexibility index (Phi) is 6.08. The monoisotopic (exact) mass is 423 g/mol. The molecule has 156 valence electrons. The number of nitrogens with one attached hydrogen (secondary N) is 2. The van der Waals surface area contributed by atoms with Gasteiger partial charge in [0.25, 0.3) is 0 Å². The number of hydrogen-bond acceptors (Lipinski definition) is 4. The maximum absolute atomic E-state index is 13.1. The van der Waals surface area contributed by atoms with Crippen molar-refractivity contribution in [3.05, 3.63) is 54.1 Å². The molecule has 0 bridgehead atoms. The number of piperidine rings is 1. The molecule has 30 heavy (non-hydrogen) atoms. The van der Waals surface area contributed by atoms with E-state index in [2.05, 4.69) is 17.6 Å². The van der Waals surface area contributed by atoms with E-state index < -0.39 is 5.25 Å². The minimum atomic E-state index is -0.817. The van der Waals surface area contributed by atoms with Crippen molar-refractivity contribution in [1.29, 1.82) is 0 Å². The highest BCUT2D eigenvalue weighted by Crippen LogP contribution is 2.36. The van der Waals surface area contributed by atoms with E-state index in [4.69, 9.17) is 0 Å². The zero-order valence-corrected chi connectivity index (χ0v) is 17.7. The predicted octanol–water partition coefficient (Wildman–Crippen LogP) is 3.54. The highest BCUT2D eigenvalue weighted by atomic mass is 32.2. The van der Waals surface area contributed by atoms with E-state index >= 15 is 0 Å². The second kappa shape index (κ2) is 8.92. The Morgan fingerprint density at radius 2 is 2.03 bits per heavy atom. The van der Waals surface area contributed by atoms with Crippen LogP contribution in [0.15, 0.2) is 53.4 Å². The van der Waals surface area contributed by atoms with E-state index in [1.807, 2.05) is 48.5 Å². The molecule has 2 atom stereocenters. The van der Waals surface area contributed by atoms with Gasteiger partial charge < -0.3 is 15.5 Å². The first-order chi connectivity index (χ1) is 14.5. The van der Waals surface area contributed by atoms with Gasteiger partial charge in [-0.15, -0.1) is 11.8 Å². The van der Waals surface area contributed by atoms with Crippen LogP contribution in [0.4, 0.5) is 11.4 Å². The van der Waals surface area contributed by atoms with Crippen molar-refractivity contribution in [3.63, 3.8) is 0 Å². The van der Waals surface area contributed by atoms with E-state index in [1.165, 1.54) is 11.8 Å². The lowest BCUT2D eigenvalue weighted by Gasteiger charge is -2.35. The molecular formula is C23H25N3O3S. The van der Waals surface area contributed by atoms with Crippen molar-refractivity contribution in [1.82, 2.24) is 4.90 Å². The van der Waals surface area contributed by atoms with Crippen LogP contribution < -0.4 is 10.6 Å². The van der Waals surface area contributed by atoms with Crippen molar-refractivity contribution in [2.45, 2.75) is 36.3 Å². The second-order valence-corrected chi connectivity index (χ2v) is 8.80. The molecule has 0 aliphatic carbocycles. The van der Waals surface area contributed by atoms with Gasteiger partial charge in [0.1, 0.15) is 0 Å². The maximum Gasteiger partial charge on any atom is 0.247 e. The fourth-order valence-electron chi connectivity index (χ4n) is 3.88. The molecule has 1 saturated heterocycles. The quantitative estimate of drug-likeness (QED) is 0.738. The molecule has 2 heterocycles. The van der Waals surface area contributed by atoms with Gasteiger partial charge in [-0.1, -0.05) is 31.2 Å². The van der Waals surface area contributed by atoms with Crippen LogP contribution in [0.25, 0.3) is 0 Å². The number of aryl methyl sites for hydroxylation is 1. The molecule has 6 nitrogen and oxygen atoms in total. The first kappa shape index (κ1) is 20.5. The molecule has 2 aromatic rings. The minimum absolute atomic E-state index is 0.0770. The smallest absolute Gasteiger partial charge is 0.247 e. The maximum atomic E-state index is 13.1.